The molecule has 22 heavy (non-hydrogen) atoms. The molecule has 2 aromatic heterocycles. The molecule has 0 spiro atoms. The second kappa shape index (κ2) is 5.72. The average Bonchev–Trinajstić information content (AvgIpc) is 3.13. The van der Waals surface area contributed by atoms with Gasteiger partial charge in [-0.1, -0.05) is 0 Å². The second-order valence-corrected chi connectivity index (χ2v) is 5.57. The molecule has 116 valence electrons. The summed E-state index contributed by atoms with van der Waals surface area (Å²) in [4.78, 5) is 26.2. The highest BCUT2D eigenvalue weighted by molar-refractivity contribution is 5.92. The molecule has 0 aromatic carbocycles. The number of rotatable bonds is 4. The molecular formula is C14H18N6O2. The third-order valence-corrected chi connectivity index (χ3v) is 3.72. The van der Waals surface area contributed by atoms with Crippen LogP contribution in [0.25, 0.3) is 0 Å². The van der Waals surface area contributed by atoms with E-state index in [0.29, 0.717) is 25.2 Å². The summed E-state index contributed by atoms with van der Waals surface area (Å²) in [6, 6.07) is 0. The fourth-order valence-corrected chi connectivity index (χ4v) is 2.52. The first-order valence-electron chi connectivity index (χ1n) is 7.05. The number of aromatic nitrogens is 4. The van der Waals surface area contributed by atoms with Crippen LogP contribution in [0.4, 0.5) is 5.82 Å². The second-order valence-electron chi connectivity index (χ2n) is 5.57. The van der Waals surface area contributed by atoms with Gasteiger partial charge in [-0.15, -0.1) is 0 Å². The Morgan fingerprint density at radius 1 is 1.45 bits per heavy atom. The summed E-state index contributed by atoms with van der Waals surface area (Å²) >= 11 is 0. The highest BCUT2D eigenvalue weighted by atomic mass is 16.3. The molecule has 8 heteroatoms. The maximum absolute atomic E-state index is 12.0. The van der Waals surface area contributed by atoms with Gasteiger partial charge >= 0.3 is 0 Å². The first-order chi connectivity index (χ1) is 10.6. The number of nitrogens with one attached hydrogen (secondary N) is 1. The number of β-amino-alcohol motifs (C(OH)–C–C–N with tert-alkyl or cyclic N) is 1. The van der Waals surface area contributed by atoms with Crippen LogP contribution in [0.3, 0.4) is 0 Å². The SMILES string of the molecule is Cn1cnc(C(=O)NCC2(O)CCN(c3cnccn3)C2)c1. The molecule has 1 saturated heterocycles. The van der Waals surface area contributed by atoms with Gasteiger partial charge in [0, 0.05) is 45.3 Å². The highest BCUT2D eigenvalue weighted by Crippen LogP contribution is 2.24. The molecule has 1 fully saturated rings. The molecule has 3 rings (SSSR count). The van der Waals surface area contributed by atoms with E-state index < -0.39 is 5.60 Å². The fraction of sp³-hybridized carbons (Fsp3) is 0.429. The molecular weight excluding hydrogens is 284 g/mol. The number of hydrogen-bond acceptors (Lipinski definition) is 6. The largest absolute Gasteiger partial charge is 0.386 e. The predicted molar refractivity (Wildman–Crippen MR) is 79.4 cm³/mol. The van der Waals surface area contributed by atoms with Crippen LogP contribution in [0.5, 0.6) is 0 Å². The third kappa shape index (κ3) is 3.06. The molecule has 1 aliphatic rings. The minimum atomic E-state index is -0.970. The molecule has 2 aromatic rings. The van der Waals surface area contributed by atoms with Gasteiger partial charge in [0.25, 0.3) is 5.91 Å². The van der Waals surface area contributed by atoms with Gasteiger partial charge in [-0.05, 0) is 6.42 Å². The minimum absolute atomic E-state index is 0.180. The number of imidazole rings is 1. The summed E-state index contributed by atoms with van der Waals surface area (Å²) in [5.74, 6) is 0.446. The molecule has 3 heterocycles. The van der Waals surface area contributed by atoms with Crippen molar-refractivity contribution in [2.45, 2.75) is 12.0 Å². The summed E-state index contributed by atoms with van der Waals surface area (Å²) in [7, 11) is 1.80. The van der Waals surface area contributed by atoms with E-state index >= 15 is 0 Å². The molecule has 1 unspecified atom stereocenters. The smallest absolute Gasteiger partial charge is 0.271 e. The Labute approximate surface area is 127 Å². The summed E-state index contributed by atoms with van der Waals surface area (Å²) in [6.45, 7) is 1.27. The van der Waals surface area contributed by atoms with Crippen molar-refractivity contribution < 1.29 is 9.90 Å². The van der Waals surface area contributed by atoms with Crippen molar-refractivity contribution in [1.29, 1.82) is 0 Å². The van der Waals surface area contributed by atoms with Crippen molar-refractivity contribution in [3.05, 3.63) is 36.8 Å². The molecule has 0 bridgehead atoms. The number of amides is 1. The number of carbonyl (C=O) groups is 1. The molecule has 8 nitrogen and oxygen atoms in total. The minimum Gasteiger partial charge on any atom is -0.386 e. The van der Waals surface area contributed by atoms with E-state index in [1.54, 1.807) is 42.7 Å². The van der Waals surface area contributed by atoms with Crippen LogP contribution in [-0.2, 0) is 7.05 Å². The highest BCUT2D eigenvalue weighted by Gasteiger charge is 2.37. The zero-order valence-electron chi connectivity index (χ0n) is 12.3. The molecule has 0 radical (unpaired) electrons. The van der Waals surface area contributed by atoms with Gasteiger partial charge in [-0.2, -0.15) is 0 Å². The average molecular weight is 302 g/mol. The van der Waals surface area contributed by atoms with E-state index in [4.69, 9.17) is 0 Å². The standard InChI is InChI=1S/C14H18N6O2/c1-19-7-11(18-10-19)13(21)17-8-14(22)2-5-20(9-14)12-6-15-3-4-16-12/h3-4,6-7,10,22H,2,5,8-9H2,1H3,(H,17,21). The normalized spacial score (nSPS) is 21.1. The van der Waals surface area contributed by atoms with Gasteiger partial charge in [0.15, 0.2) is 0 Å². The lowest BCUT2D eigenvalue weighted by Gasteiger charge is -2.23. The number of carbonyl (C=O) groups excluding carboxylic acids is 1. The predicted octanol–water partition coefficient (Wildman–Crippen LogP) is -0.419. The van der Waals surface area contributed by atoms with Crippen molar-refractivity contribution in [1.82, 2.24) is 24.8 Å². The van der Waals surface area contributed by atoms with E-state index in [0.717, 1.165) is 5.82 Å². The Morgan fingerprint density at radius 2 is 2.32 bits per heavy atom. The van der Waals surface area contributed by atoms with Crippen LogP contribution in [-0.4, -0.2) is 55.8 Å². The van der Waals surface area contributed by atoms with Crippen LogP contribution in [0.2, 0.25) is 0 Å². The number of aryl methyl sites for hydroxylation is 1. The number of aliphatic hydroxyl groups is 1. The zero-order valence-corrected chi connectivity index (χ0v) is 12.3. The van der Waals surface area contributed by atoms with Crippen molar-refractivity contribution >= 4 is 11.7 Å². The lowest BCUT2D eigenvalue weighted by atomic mass is 10.0. The van der Waals surface area contributed by atoms with E-state index in [-0.39, 0.29) is 12.5 Å². The Morgan fingerprint density at radius 3 is 3.00 bits per heavy atom. The van der Waals surface area contributed by atoms with Gasteiger partial charge < -0.3 is 19.9 Å². The Bertz CT molecular complexity index is 658. The first-order valence-corrected chi connectivity index (χ1v) is 7.05. The fourth-order valence-electron chi connectivity index (χ4n) is 2.52. The van der Waals surface area contributed by atoms with Gasteiger partial charge in [0.1, 0.15) is 17.1 Å². The van der Waals surface area contributed by atoms with Gasteiger partial charge in [-0.3, -0.25) is 9.78 Å². The molecule has 1 amide bonds. The number of hydrogen-bond donors (Lipinski definition) is 2. The van der Waals surface area contributed by atoms with Crippen molar-refractivity contribution in [3.63, 3.8) is 0 Å². The van der Waals surface area contributed by atoms with Gasteiger partial charge in [0.2, 0.25) is 0 Å². The number of anilines is 1. The molecule has 1 atom stereocenters. The summed E-state index contributed by atoms with van der Waals surface area (Å²) in [6.07, 6.45) is 8.66. The van der Waals surface area contributed by atoms with Gasteiger partial charge in [0.05, 0.1) is 12.5 Å². The van der Waals surface area contributed by atoms with E-state index in [1.807, 2.05) is 4.90 Å². The Balaban J connectivity index is 1.58. The number of nitrogens with zero attached hydrogens (tertiary/aromatic N) is 5. The van der Waals surface area contributed by atoms with E-state index in [1.165, 1.54) is 0 Å². The summed E-state index contributed by atoms with van der Waals surface area (Å²) in [5, 5.41) is 13.3. The molecule has 2 N–H and O–H groups in total. The maximum atomic E-state index is 12.0. The van der Waals surface area contributed by atoms with Crippen LogP contribution < -0.4 is 10.2 Å². The first kappa shape index (κ1) is 14.5. The summed E-state index contributed by atoms with van der Waals surface area (Å²) < 4.78 is 1.70. The molecule has 1 aliphatic heterocycles. The van der Waals surface area contributed by atoms with E-state index in [2.05, 4.69) is 20.3 Å². The summed E-state index contributed by atoms with van der Waals surface area (Å²) in [5.41, 5.74) is -0.628. The molecule has 0 aliphatic carbocycles. The quantitative estimate of drug-likeness (QED) is 0.796. The van der Waals surface area contributed by atoms with E-state index in [9.17, 15) is 9.90 Å². The van der Waals surface area contributed by atoms with Crippen molar-refractivity contribution in [3.8, 4) is 0 Å². The lowest BCUT2D eigenvalue weighted by Crippen LogP contribution is -2.45. The lowest BCUT2D eigenvalue weighted by molar-refractivity contribution is 0.0574. The Kier molecular flexibility index (Phi) is 3.76. The Hall–Kier alpha value is -2.48. The topological polar surface area (TPSA) is 96.2 Å². The van der Waals surface area contributed by atoms with Crippen molar-refractivity contribution in [2.24, 2.45) is 7.05 Å². The molecule has 0 saturated carbocycles. The van der Waals surface area contributed by atoms with Crippen LogP contribution in [0, 0.1) is 0 Å². The van der Waals surface area contributed by atoms with Crippen molar-refractivity contribution in [2.75, 3.05) is 24.5 Å². The van der Waals surface area contributed by atoms with Crippen LogP contribution in [0.15, 0.2) is 31.1 Å². The van der Waals surface area contributed by atoms with Crippen LogP contribution >= 0.6 is 0 Å². The van der Waals surface area contributed by atoms with Crippen LogP contribution in [0.1, 0.15) is 16.9 Å². The maximum Gasteiger partial charge on any atom is 0.271 e. The third-order valence-electron chi connectivity index (χ3n) is 3.72. The monoisotopic (exact) mass is 302 g/mol. The van der Waals surface area contributed by atoms with Gasteiger partial charge in [-0.25, -0.2) is 9.97 Å². The zero-order chi connectivity index (χ0) is 15.6.